The Morgan fingerprint density at radius 3 is 2.62 bits per heavy atom. The molecule has 0 saturated heterocycles. The van der Waals surface area contributed by atoms with E-state index in [1.54, 1.807) is 6.08 Å². The molecule has 0 atom stereocenters. The van der Waals surface area contributed by atoms with Crippen molar-refractivity contribution in [2.45, 2.75) is 39.5 Å². The number of esters is 1. The molecule has 0 heterocycles. The highest BCUT2D eigenvalue weighted by Gasteiger charge is 2.17. The monoisotopic (exact) mass is 182 g/mol. The standard InChI is InChI=1S/C11H18O2/c1-3-13-11(12)8-9(2)10-6-4-5-7-10/h8,10H,3-7H2,1-2H3/b9-8-. The van der Waals surface area contributed by atoms with E-state index in [2.05, 4.69) is 0 Å². The number of hydrogen-bond acceptors (Lipinski definition) is 2. The summed E-state index contributed by atoms with van der Waals surface area (Å²) in [7, 11) is 0. The Balaban J connectivity index is 2.44. The molecule has 0 radical (unpaired) electrons. The average molecular weight is 182 g/mol. The van der Waals surface area contributed by atoms with Gasteiger partial charge in [-0.05, 0) is 32.6 Å². The largest absolute Gasteiger partial charge is 0.463 e. The quantitative estimate of drug-likeness (QED) is 0.495. The maximum Gasteiger partial charge on any atom is 0.330 e. The van der Waals surface area contributed by atoms with E-state index in [9.17, 15) is 4.79 Å². The van der Waals surface area contributed by atoms with Gasteiger partial charge in [-0.15, -0.1) is 0 Å². The minimum atomic E-state index is -0.188. The summed E-state index contributed by atoms with van der Waals surface area (Å²) < 4.78 is 4.86. The van der Waals surface area contributed by atoms with E-state index in [4.69, 9.17) is 4.74 Å². The number of hydrogen-bond donors (Lipinski definition) is 0. The highest BCUT2D eigenvalue weighted by atomic mass is 16.5. The first-order valence-corrected chi connectivity index (χ1v) is 5.09. The Labute approximate surface area is 80.0 Å². The van der Waals surface area contributed by atoms with Gasteiger partial charge in [0.1, 0.15) is 0 Å². The maximum atomic E-state index is 11.1. The number of carbonyl (C=O) groups excluding carboxylic acids is 1. The van der Waals surface area contributed by atoms with Gasteiger partial charge in [-0.2, -0.15) is 0 Å². The highest BCUT2D eigenvalue weighted by Crippen LogP contribution is 2.30. The first-order chi connectivity index (χ1) is 6.24. The zero-order valence-electron chi connectivity index (χ0n) is 8.51. The second-order valence-corrected chi connectivity index (χ2v) is 3.62. The minimum Gasteiger partial charge on any atom is -0.463 e. The third-order valence-electron chi connectivity index (χ3n) is 2.63. The fourth-order valence-electron chi connectivity index (χ4n) is 1.87. The predicted molar refractivity (Wildman–Crippen MR) is 52.3 cm³/mol. The molecule has 1 aliphatic rings. The van der Waals surface area contributed by atoms with Crippen molar-refractivity contribution in [3.8, 4) is 0 Å². The molecule has 1 saturated carbocycles. The molecule has 0 N–H and O–H groups in total. The molecule has 0 unspecified atom stereocenters. The number of allylic oxidation sites excluding steroid dienone is 1. The lowest BCUT2D eigenvalue weighted by Gasteiger charge is -2.08. The summed E-state index contributed by atoms with van der Waals surface area (Å²) in [5, 5.41) is 0. The van der Waals surface area contributed by atoms with Crippen LogP contribution in [0.4, 0.5) is 0 Å². The summed E-state index contributed by atoms with van der Waals surface area (Å²) >= 11 is 0. The van der Waals surface area contributed by atoms with Crippen molar-refractivity contribution >= 4 is 5.97 Å². The topological polar surface area (TPSA) is 26.3 Å². The normalized spacial score (nSPS) is 19.1. The fraction of sp³-hybridized carbons (Fsp3) is 0.727. The highest BCUT2D eigenvalue weighted by molar-refractivity contribution is 5.82. The molecule has 0 spiro atoms. The van der Waals surface area contributed by atoms with Gasteiger partial charge < -0.3 is 4.74 Å². The minimum absolute atomic E-state index is 0.188. The molecule has 2 nitrogen and oxygen atoms in total. The molecule has 1 aliphatic carbocycles. The molecule has 0 bridgehead atoms. The second kappa shape index (κ2) is 5.05. The molecule has 2 heteroatoms. The molecule has 0 aromatic heterocycles. The van der Waals surface area contributed by atoms with Gasteiger partial charge >= 0.3 is 5.97 Å². The van der Waals surface area contributed by atoms with E-state index < -0.39 is 0 Å². The zero-order valence-corrected chi connectivity index (χ0v) is 8.51. The average Bonchev–Trinajstić information content (AvgIpc) is 2.55. The molecule has 74 valence electrons. The van der Waals surface area contributed by atoms with E-state index >= 15 is 0 Å². The van der Waals surface area contributed by atoms with Crippen molar-refractivity contribution in [3.63, 3.8) is 0 Å². The number of ether oxygens (including phenoxy) is 1. The van der Waals surface area contributed by atoms with Crippen LogP contribution >= 0.6 is 0 Å². The van der Waals surface area contributed by atoms with E-state index in [0.717, 1.165) is 0 Å². The van der Waals surface area contributed by atoms with Crippen LogP contribution in [0.5, 0.6) is 0 Å². The van der Waals surface area contributed by atoms with Crippen LogP contribution in [0.1, 0.15) is 39.5 Å². The van der Waals surface area contributed by atoms with Gasteiger partial charge in [0.15, 0.2) is 0 Å². The van der Waals surface area contributed by atoms with Crippen LogP contribution in [-0.2, 0) is 9.53 Å². The smallest absolute Gasteiger partial charge is 0.330 e. The first kappa shape index (κ1) is 10.3. The van der Waals surface area contributed by atoms with Gasteiger partial charge in [-0.3, -0.25) is 0 Å². The van der Waals surface area contributed by atoms with E-state index in [1.807, 2.05) is 13.8 Å². The van der Waals surface area contributed by atoms with Crippen molar-refractivity contribution in [1.29, 1.82) is 0 Å². The second-order valence-electron chi connectivity index (χ2n) is 3.62. The summed E-state index contributed by atoms with van der Waals surface area (Å²) in [6.07, 6.45) is 6.74. The Morgan fingerprint density at radius 1 is 1.46 bits per heavy atom. The lowest BCUT2D eigenvalue weighted by molar-refractivity contribution is -0.137. The fourth-order valence-corrected chi connectivity index (χ4v) is 1.87. The molecule has 0 aromatic rings. The third kappa shape index (κ3) is 3.21. The maximum absolute atomic E-state index is 11.1. The Bertz CT molecular complexity index is 200. The van der Waals surface area contributed by atoms with Crippen molar-refractivity contribution in [1.82, 2.24) is 0 Å². The van der Waals surface area contributed by atoms with Crippen LogP contribution in [0, 0.1) is 5.92 Å². The van der Waals surface area contributed by atoms with Crippen LogP contribution in [0.2, 0.25) is 0 Å². The summed E-state index contributed by atoms with van der Waals surface area (Å²) in [4.78, 5) is 11.1. The Hall–Kier alpha value is -0.790. The van der Waals surface area contributed by atoms with Crippen molar-refractivity contribution in [3.05, 3.63) is 11.6 Å². The Kier molecular flexibility index (Phi) is 4.00. The van der Waals surface area contributed by atoms with E-state index in [1.165, 1.54) is 31.3 Å². The molecule has 13 heavy (non-hydrogen) atoms. The van der Waals surface area contributed by atoms with Crippen LogP contribution in [0.25, 0.3) is 0 Å². The lowest BCUT2D eigenvalue weighted by Crippen LogP contribution is -2.03. The summed E-state index contributed by atoms with van der Waals surface area (Å²) in [6, 6.07) is 0. The Morgan fingerprint density at radius 2 is 2.08 bits per heavy atom. The third-order valence-corrected chi connectivity index (χ3v) is 2.63. The zero-order chi connectivity index (χ0) is 9.68. The van der Waals surface area contributed by atoms with Gasteiger partial charge in [-0.1, -0.05) is 18.4 Å². The van der Waals surface area contributed by atoms with Crippen LogP contribution in [-0.4, -0.2) is 12.6 Å². The van der Waals surface area contributed by atoms with Crippen LogP contribution < -0.4 is 0 Å². The summed E-state index contributed by atoms with van der Waals surface area (Å²) in [6.45, 7) is 4.33. The van der Waals surface area contributed by atoms with Gasteiger partial charge in [0.05, 0.1) is 6.61 Å². The van der Waals surface area contributed by atoms with Gasteiger partial charge in [-0.25, -0.2) is 4.79 Å². The summed E-state index contributed by atoms with van der Waals surface area (Å²) in [5.41, 5.74) is 1.19. The van der Waals surface area contributed by atoms with Crippen molar-refractivity contribution in [2.75, 3.05) is 6.61 Å². The summed E-state index contributed by atoms with van der Waals surface area (Å²) in [5.74, 6) is 0.441. The van der Waals surface area contributed by atoms with Crippen molar-refractivity contribution < 1.29 is 9.53 Å². The van der Waals surface area contributed by atoms with Gasteiger partial charge in [0.25, 0.3) is 0 Å². The molecule has 0 aromatic carbocycles. The molecular weight excluding hydrogens is 164 g/mol. The molecule has 1 rings (SSSR count). The molecule has 0 aliphatic heterocycles. The first-order valence-electron chi connectivity index (χ1n) is 5.09. The van der Waals surface area contributed by atoms with E-state index in [-0.39, 0.29) is 5.97 Å². The van der Waals surface area contributed by atoms with Crippen LogP contribution in [0.15, 0.2) is 11.6 Å². The molecule has 1 fully saturated rings. The number of carbonyl (C=O) groups is 1. The molecular formula is C11H18O2. The number of rotatable bonds is 3. The van der Waals surface area contributed by atoms with Gasteiger partial charge in [0, 0.05) is 6.08 Å². The van der Waals surface area contributed by atoms with Crippen molar-refractivity contribution in [2.24, 2.45) is 5.92 Å². The van der Waals surface area contributed by atoms with E-state index in [0.29, 0.717) is 12.5 Å². The van der Waals surface area contributed by atoms with Gasteiger partial charge in [0.2, 0.25) is 0 Å². The SMILES string of the molecule is CCOC(=O)/C=C(/C)C1CCCC1. The van der Waals surface area contributed by atoms with Crippen LogP contribution in [0.3, 0.4) is 0 Å². The lowest BCUT2D eigenvalue weighted by atomic mass is 9.99. The molecule has 0 amide bonds. The predicted octanol–water partition coefficient (Wildman–Crippen LogP) is 2.69.